The first-order valence-corrected chi connectivity index (χ1v) is 3.59. The van der Waals surface area contributed by atoms with Gasteiger partial charge in [-0.1, -0.05) is 0 Å². The maximum absolute atomic E-state index is 8.87. The van der Waals surface area contributed by atoms with Gasteiger partial charge in [-0.2, -0.15) is 0 Å². The van der Waals surface area contributed by atoms with Crippen LogP contribution in [0.25, 0.3) is 0 Å². The Morgan fingerprint density at radius 1 is 1.00 bits per heavy atom. The Morgan fingerprint density at radius 3 is 1.80 bits per heavy atom. The molecule has 4 heteroatoms. The second-order valence-electron chi connectivity index (χ2n) is 1.79. The van der Waals surface area contributed by atoms with Crippen LogP contribution in [0.1, 0.15) is 0 Å². The molecule has 1 aromatic carbocycles. The molecule has 0 atom stereocenters. The molecule has 0 unspecified atom stereocenters. The topological polar surface area (TPSA) is 60.7 Å². The van der Waals surface area contributed by atoms with Gasteiger partial charge in [0, 0.05) is 3.57 Å². The molecule has 0 spiro atoms. The third kappa shape index (κ3) is 1.26. The zero-order chi connectivity index (χ0) is 7.72. The highest BCUT2D eigenvalue weighted by Gasteiger charge is 2.05. The number of hydrogen-bond acceptors (Lipinski definition) is 3. The van der Waals surface area contributed by atoms with Crippen molar-refractivity contribution in [3.63, 3.8) is 0 Å². The van der Waals surface area contributed by atoms with E-state index in [9.17, 15) is 0 Å². The van der Waals surface area contributed by atoms with Crippen molar-refractivity contribution < 1.29 is 15.3 Å². The molecule has 0 aromatic heterocycles. The Labute approximate surface area is 71.1 Å². The van der Waals surface area contributed by atoms with Gasteiger partial charge >= 0.3 is 0 Å². The number of rotatable bonds is 0. The van der Waals surface area contributed by atoms with Crippen LogP contribution in [-0.2, 0) is 0 Å². The van der Waals surface area contributed by atoms with Gasteiger partial charge in [-0.3, -0.25) is 0 Å². The van der Waals surface area contributed by atoms with Crippen molar-refractivity contribution in [2.24, 2.45) is 0 Å². The zero-order valence-corrected chi connectivity index (χ0v) is 7.03. The minimum Gasteiger partial charge on any atom is -0.504 e. The maximum Gasteiger partial charge on any atom is 0.200 e. The van der Waals surface area contributed by atoms with Crippen molar-refractivity contribution in [2.45, 2.75) is 0 Å². The summed E-state index contributed by atoms with van der Waals surface area (Å²) in [5, 5.41) is 26.6. The third-order valence-corrected chi connectivity index (χ3v) is 1.66. The van der Waals surface area contributed by atoms with Crippen LogP contribution in [0.4, 0.5) is 0 Å². The van der Waals surface area contributed by atoms with E-state index >= 15 is 0 Å². The van der Waals surface area contributed by atoms with E-state index in [0.29, 0.717) is 3.57 Å². The molecule has 0 amide bonds. The molecular weight excluding hydrogens is 247 g/mol. The van der Waals surface area contributed by atoms with Crippen LogP contribution in [0.15, 0.2) is 12.1 Å². The lowest BCUT2D eigenvalue weighted by Gasteiger charge is -1.99. The summed E-state index contributed by atoms with van der Waals surface area (Å²) in [6.45, 7) is 0. The summed E-state index contributed by atoms with van der Waals surface area (Å²) >= 11 is 1.92. The van der Waals surface area contributed by atoms with Crippen LogP contribution in [0.5, 0.6) is 17.2 Å². The van der Waals surface area contributed by atoms with Gasteiger partial charge in [0.2, 0.25) is 0 Å². The number of hydrogen-bond donors (Lipinski definition) is 3. The molecule has 0 heterocycles. The average molecular weight is 252 g/mol. The van der Waals surface area contributed by atoms with Crippen LogP contribution in [-0.4, -0.2) is 15.3 Å². The second-order valence-corrected chi connectivity index (χ2v) is 3.04. The highest BCUT2D eigenvalue weighted by Crippen LogP contribution is 2.35. The predicted octanol–water partition coefficient (Wildman–Crippen LogP) is 1.41. The summed E-state index contributed by atoms with van der Waals surface area (Å²) in [5.74, 6) is -1.07. The second kappa shape index (κ2) is 2.53. The monoisotopic (exact) mass is 252 g/mol. The first kappa shape index (κ1) is 7.46. The van der Waals surface area contributed by atoms with Gasteiger partial charge in [-0.15, -0.1) is 0 Å². The Bertz CT molecular complexity index is 236. The van der Waals surface area contributed by atoms with E-state index in [0.717, 1.165) is 0 Å². The average Bonchev–Trinajstić information content (AvgIpc) is 1.82. The molecule has 1 aromatic rings. The van der Waals surface area contributed by atoms with E-state index in [1.165, 1.54) is 12.1 Å². The molecule has 0 aliphatic carbocycles. The van der Waals surface area contributed by atoms with Crippen molar-refractivity contribution in [2.75, 3.05) is 0 Å². The standard InChI is InChI=1S/C6H5IO3/c7-3-1-4(8)6(10)5(9)2-3/h1-2,8-10H. The van der Waals surface area contributed by atoms with Crippen molar-refractivity contribution in [3.05, 3.63) is 15.7 Å². The largest absolute Gasteiger partial charge is 0.504 e. The van der Waals surface area contributed by atoms with Gasteiger partial charge in [0.1, 0.15) is 0 Å². The smallest absolute Gasteiger partial charge is 0.200 e. The van der Waals surface area contributed by atoms with E-state index < -0.39 is 5.75 Å². The first-order valence-electron chi connectivity index (χ1n) is 2.51. The van der Waals surface area contributed by atoms with Gasteiger partial charge in [0.15, 0.2) is 17.2 Å². The molecule has 0 aliphatic rings. The van der Waals surface area contributed by atoms with Crippen molar-refractivity contribution in [1.82, 2.24) is 0 Å². The van der Waals surface area contributed by atoms with Crippen molar-refractivity contribution in [1.29, 1.82) is 0 Å². The molecule has 3 N–H and O–H groups in total. The van der Waals surface area contributed by atoms with E-state index in [-0.39, 0.29) is 11.5 Å². The molecule has 0 radical (unpaired) electrons. The number of benzene rings is 1. The zero-order valence-electron chi connectivity index (χ0n) is 4.87. The molecule has 0 fully saturated rings. The highest BCUT2D eigenvalue weighted by atomic mass is 127. The van der Waals surface area contributed by atoms with Gasteiger partial charge in [-0.25, -0.2) is 0 Å². The molecule has 54 valence electrons. The van der Waals surface area contributed by atoms with Crippen LogP contribution >= 0.6 is 22.6 Å². The van der Waals surface area contributed by atoms with Gasteiger partial charge < -0.3 is 15.3 Å². The molecule has 0 aliphatic heterocycles. The number of phenolic OH excluding ortho intramolecular Hbond substituents is 3. The summed E-state index contributed by atoms with van der Waals surface area (Å²) in [4.78, 5) is 0. The Morgan fingerprint density at radius 2 is 1.40 bits per heavy atom. The Hall–Kier alpha value is -0.650. The lowest BCUT2D eigenvalue weighted by Crippen LogP contribution is -1.73. The Balaban J connectivity index is 3.31. The summed E-state index contributed by atoms with van der Waals surface area (Å²) in [6.07, 6.45) is 0. The van der Waals surface area contributed by atoms with Crippen LogP contribution in [0, 0.1) is 3.57 Å². The molecular formula is C6H5IO3. The van der Waals surface area contributed by atoms with E-state index in [4.69, 9.17) is 15.3 Å². The minimum absolute atomic E-state index is 0.301. The van der Waals surface area contributed by atoms with Crippen LogP contribution in [0.3, 0.4) is 0 Å². The van der Waals surface area contributed by atoms with E-state index in [2.05, 4.69) is 0 Å². The van der Waals surface area contributed by atoms with Crippen molar-refractivity contribution >= 4 is 22.6 Å². The number of halogens is 1. The summed E-state index contributed by atoms with van der Waals surface area (Å²) in [6, 6.07) is 2.71. The minimum atomic E-state index is -0.472. The first-order chi connectivity index (χ1) is 4.61. The van der Waals surface area contributed by atoms with Gasteiger partial charge in [0.25, 0.3) is 0 Å². The molecule has 0 bridgehead atoms. The predicted molar refractivity (Wildman–Crippen MR) is 44.2 cm³/mol. The fraction of sp³-hybridized carbons (Fsp3) is 0. The fourth-order valence-corrected chi connectivity index (χ4v) is 1.16. The van der Waals surface area contributed by atoms with E-state index in [1.54, 1.807) is 0 Å². The molecule has 0 saturated heterocycles. The van der Waals surface area contributed by atoms with Gasteiger partial charge in [-0.05, 0) is 34.7 Å². The van der Waals surface area contributed by atoms with Crippen LogP contribution in [0.2, 0.25) is 0 Å². The third-order valence-electron chi connectivity index (χ3n) is 1.03. The summed E-state index contributed by atoms with van der Waals surface area (Å²) < 4.78 is 0.672. The normalized spacial score (nSPS) is 9.70. The fourth-order valence-electron chi connectivity index (χ4n) is 0.571. The van der Waals surface area contributed by atoms with E-state index in [1.807, 2.05) is 22.6 Å². The molecule has 1 rings (SSSR count). The summed E-state index contributed by atoms with van der Waals surface area (Å²) in [5.41, 5.74) is 0. The van der Waals surface area contributed by atoms with Gasteiger partial charge in [0.05, 0.1) is 0 Å². The van der Waals surface area contributed by atoms with Crippen LogP contribution < -0.4 is 0 Å². The van der Waals surface area contributed by atoms with Crippen molar-refractivity contribution in [3.8, 4) is 17.2 Å². The SMILES string of the molecule is Oc1cc(I)cc(O)c1O. The lowest BCUT2D eigenvalue weighted by atomic mass is 10.3. The lowest BCUT2D eigenvalue weighted by molar-refractivity contribution is 0.367. The molecule has 10 heavy (non-hydrogen) atoms. The Kier molecular flexibility index (Phi) is 1.89. The molecule has 0 saturated carbocycles. The highest BCUT2D eigenvalue weighted by molar-refractivity contribution is 14.1. The number of aromatic hydroxyl groups is 3. The summed E-state index contributed by atoms with van der Waals surface area (Å²) in [7, 11) is 0. The number of phenols is 3. The quantitative estimate of drug-likeness (QED) is 0.483. The molecule has 3 nitrogen and oxygen atoms in total. The maximum atomic E-state index is 8.87.